The van der Waals surface area contributed by atoms with E-state index in [1.165, 1.54) is 47.9 Å². The molecule has 26 heavy (non-hydrogen) atoms. The van der Waals surface area contributed by atoms with Gasteiger partial charge in [0.25, 0.3) is 0 Å². The molecule has 5 aromatic rings. The minimum Gasteiger partial charge on any atom is -0.0622 e. The summed E-state index contributed by atoms with van der Waals surface area (Å²) in [5.41, 5.74) is 2.65. The number of hydrogen-bond donors (Lipinski definition) is 0. The second kappa shape index (κ2) is 6.26. The van der Waals surface area contributed by atoms with Crippen molar-refractivity contribution in [3.63, 3.8) is 0 Å². The molecule has 0 aliphatic carbocycles. The minimum atomic E-state index is 0.929. The van der Waals surface area contributed by atoms with Crippen LogP contribution >= 0.6 is 15.9 Å². The first kappa shape index (κ1) is 15.6. The zero-order chi connectivity index (χ0) is 17.5. The summed E-state index contributed by atoms with van der Waals surface area (Å²) < 4.78 is 1.21. The van der Waals surface area contributed by atoms with Gasteiger partial charge in [0.1, 0.15) is 0 Å². The van der Waals surface area contributed by atoms with Crippen molar-refractivity contribution in [2.24, 2.45) is 0 Å². The number of hydrogen-bond acceptors (Lipinski definition) is 0. The van der Waals surface area contributed by atoms with Gasteiger partial charge in [-0.1, -0.05) is 91.0 Å². The second-order valence-electron chi connectivity index (χ2n) is 6.71. The lowest BCUT2D eigenvalue weighted by Gasteiger charge is -2.14. The van der Waals surface area contributed by atoms with Gasteiger partial charge in [-0.15, -0.1) is 0 Å². The Morgan fingerprint density at radius 2 is 1.00 bits per heavy atom. The van der Waals surface area contributed by atoms with Gasteiger partial charge in [-0.05, 0) is 60.4 Å². The predicted octanol–water partition coefficient (Wildman–Crippen LogP) is 7.50. The fourth-order valence-corrected chi connectivity index (χ4v) is 4.65. The highest BCUT2D eigenvalue weighted by molar-refractivity contribution is 9.10. The zero-order valence-electron chi connectivity index (χ0n) is 14.2. The SMILES string of the molecule is Brc1c(Cc2ccccc2)ccc2c3ccccc3c3ccccc3c12. The van der Waals surface area contributed by atoms with Gasteiger partial charge < -0.3 is 0 Å². The molecule has 0 unspecified atom stereocenters. The average Bonchev–Trinajstić information content (AvgIpc) is 2.71. The summed E-state index contributed by atoms with van der Waals surface area (Å²) in [5.74, 6) is 0. The molecule has 0 heterocycles. The lowest BCUT2D eigenvalue weighted by molar-refractivity contribution is 1.19. The van der Waals surface area contributed by atoms with E-state index in [-0.39, 0.29) is 0 Å². The molecule has 0 nitrogen and oxygen atoms in total. The summed E-state index contributed by atoms with van der Waals surface area (Å²) in [7, 11) is 0. The molecule has 0 amide bonds. The molecule has 0 spiro atoms. The molecule has 0 aliphatic heterocycles. The van der Waals surface area contributed by atoms with Crippen LogP contribution in [0.25, 0.3) is 32.3 Å². The molecule has 0 fully saturated rings. The van der Waals surface area contributed by atoms with Crippen molar-refractivity contribution < 1.29 is 0 Å². The first-order valence-corrected chi connectivity index (χ1v) is 9.67. The van der Waals surface area contributed by atoms with Gasteiger partial charge in [0.15, 0.2) is 0 Å². The van der Waals surface area contributed by atoms with Crippen molar-refractivity contribution in [2.75, 3.05) is 0 Å². The van der Waals surface area contributed by atoms with E-state index in [1.54, 1.807) is 0 Å². The van der Waals surface area contributed by atoms with Crippen molar-refractivity contribution in [3.8, 4) is 0 Å². The maximum Gasteiger partial charge on any atom is 0.0295 e. The van der Waals surface area contributed by atoms with E-state index in [9.17, 15) is 0 Å². The van der Waals surface area contributed by atoms with E-state index in [0.717, 1.165) is 6.42 Å². The lowest BCUT2D eigenvalue weighted by atomic mass is 9.92. The molecule has 0 saturated heterocycles. The van der Waals surface area contributed by atoms with Gasteiger partial charge in [0.2, 0.25) is 0 Å². The second-order valence-corrected chi connectivity index (χ2v) is 7.51. The van der Waals surface area contributed by atoms with Crippen LogP contribution in [-0.2, 0) is 6.42 Å². The minimum absolute atomic E-state index is 0.929. The third-order valence-corrected chi connectivity index (χ3v) is 6.07. The van der Waals surface area contributed by atoms with Crippen LogP contribution in [0.5, 0.6) is 0 Å². The van der Waals surface area contributed by atoms with Gasteiger partial charge >= 0.3 is 0 Å². The Bertz CT molecular complexity index is 1220. The fourth-order valence-electron chi connectivity index (χ4n) is 3.95. The highest BCUT2D eigenvalue weighted by atomic mass is 79.9. The normalized spacial score (nSPS) is 11.4. The Labute approximate surface area is 161 Å². The maximum absolute atomic E-state index is 3.95. The molecule has 0 bridgehead atoms. The molecule has 1 heteroatoms. The monoisotopic (exact) mass is 396 g/mol. The van der Waals surface area contributed by atoms with Crippen LogP contribution < -0.4 is 0 Å². The number of rotatable bonds is 2. The van der Waals surface area contributed by atoms with E-state index in [1.807, 2.05) is 0 Å². The van der Waals surface area contributed by atoms with Gasteiger partial charge in [0.05, 0.1) is 0 Å². The zero-order valence-corrected chi connectivity index (χ0v) is 15.8. The van der Waals surface area contributed by atoms with Crippen molar-refractivity contribution in [2.45, 2.75) is 6.42 Å². The van der Waals surface area contributed by atoms with Crippen LogP contribution in [0.3, 0.4) is 0 Å². The first-order valence-electron chi connectivity index (χ1n) is 8.87. The van der Waals surface area contributed by atoms with Gasteiger partial charge in [-0.3, -0.25) is 0 Å². The molecule has 0 aliphatic rings. The van der Waals surface area contributed by atoms with Crippen LogP contribution in [0.4, 0.5) is 0 Å². The number of fused-ring (bicyclic) bond motifs is 6. The summed E-state index contributed by atoms with van der Waals surface area (Å²) in [6, 6.07) is 32.6. The molecule has 0 aromatic heterocycles. The molecule has 124 valence electrons. The quantitative estimate of drug-likeness (QED) is 0.271. The molecule has 5 rings (SSSR count). The predicted molar refractivity (Wildman–Crippen MR) is 116 cm³/mol. The van der Waals surface area contributed by atoms with Crippen LogP contribution in [-0.4, -0.2) is 0 Å². The summed E-state index contributed by atoms with van der Waals surface area (Å²) in [6.45, 7) is 0. The van der Waals surface area contributed by atoms with Gasteiger partial charge in [0, 0.05) is 9.86 Å². The van der Waals surface area contributed by atoms with Crippen LogP contribution in [0.15, 0.2) is 95.5 Å². The van der Waals surface area contributed by atoms with Crippen LogP contribution in [0, 0.1) is 0 Å². The van der Waals surface area contributed by atoms with Crippen molar-refractivity contribution in [1.29, 1.82) is 0 Å². The summed E-state index contributed by atoms with van der Waals surface area (Å²) in [5, 5.41) is 7.87. The topological polar surface area (TPSA) is 0 Å². The molecule has 0 radical (unpaired) electrons. The summed E-state index contributed by atoms with van der Waals surface area (Å²) in [6.07, 6.45) is 0.929. The van der Waals surface area contributed by atoms with E-state index in [4.69, 9.17) is 0 Å². The largest absolute Gasteiger partial charge is 0.0622 e. The lowest BCUT2D eigenvalue weighted by Crippen LogP contribution is -1.92. The first-order chi connectivity index (χ1) is 12.8. The molecule has 0 atom stereocenters. The Kier molecular flexibility index (Phi) is 3.76. The van der Waals surface area contributed by atoms with E-state index in [2.05, 4.69) is 107 Å². The highest BCUT2D eigenvalue weighted by Gasteiger charge is 2.13. The number of benzene rings is 5. The Morgan fingerprint density at radius 1 is 0.500 bits per heavy atom. The number of halogens is 1. The van der Waals surface area contributed by atoms with E-state index < -0.39 is 0 Å². The summed E-state index contributed by atoms with van der Waals surface area (Å²) in [4.78, 5) is 0. The highest BCUT2D eigenvalue weighted by Crippen LogP contribution is 2.40. The smallest absolute Gasteiger partial charge is 0.0295 e. The molecule has 0 N–H and O–H groups in total. The van der Waals surface area contributed by atoms with E-state index in [0.29, 0.717) is 0 Å². The molecular formula is C25H17Br. The Balaban J connectivity index is 1.87. The molecule has 0 saturated carbocycles. The third-order valence-electron chi connectivity index (χ3n) is 5.16. The van der Waals surface area contributed by atoms with Crippen LogP contribution in [0.1, 0.15) is 11.1 Å². The standard InChI is InChI=1S/C25H17Br/c26-25-18(16-17-8-2-1-3-9-17)14-15-23-21-12-5-4-10-19(21)20-11-6-7-13-22(20)24(23)25/h1-15H,16H2. The molecule has 5 aromatic carbocycles. The van der Waals surface area contributed by atoms with E-state index >= 15 is 0 Å². The molecular weight excluding hydrogens is 380 g/mol. The van der Waals surface area contributed by atoms with Crippen molar-refractivity contribution in [3.05, 3.63) is 107 Å². The van der Waals surface area contributed by atoms with Crippen molar-refractivity contribution >= 4 is 48.2 Å². The summed E-state index contributed by atoms with van der Waals surface area (Å²) >= 11 is 3.95. The third kappa shape index (κ3) is 2.43. The van der Waals surface area contributed by atoms with Crippen LogP contribution in [0.2, 0.25) is 0 Å². The Hall–Kier alpha value is -2.64. The Morgan fingerprint density at radius 3 is 1.65 bits per heavy atom. The van der Waals surface area contributed by atoms with Gasteiger partial charge in [-0.25, -0.2) is 0 Å². The van der Waals surface area contributed by atoms with Crippen molar-refractivity contribution in [1.82, 2.24) is 0 Å². The fraction of sp³-hybridized carbons (Fsp3) is 0.0400. The average molecular weight is 397 g/mol. The maximum atomic E-state index is 3.95. The van der Waals surface area contributed by atoms with Gasteiger partial charge in [-0.2, -0.15) is 0 Å².